The number of benzene rings is 1. The van der Waals surface area contributed by atoms with Crippen molar-refractivity contribution in [3.63, 3.8) is 0 Å². The lowest BCUT2D eigenvalue weighted by atomic mass is 9.70. The van der Waals surface area contributed by atoms with Gasteiger partial charge in [0.05, 0.1) is 0 Å². The second kappa shape index (κ2) is 4.64. The lowest BCUT2D eigenvalue weighted by molar-refractivity contribution is -0.126. The SMILES string of the molecule is CC(C)[C@@H]1CCC(=O)[C@@]1(C)Cc1ccccc1. The normalized spacial score (nSPS) is 28.9. The molecular weight excluding hydrogens is 208 g/mol. The first kappa shape index (κ1) is 12.3. The van der Waals surface area contributed by atoms with E-state index in [0.717, 1.165) is 19.3 Å². The number of hydrogen-bond acceptors (Lipinski definition) is 1. The highest BCUT2D eigenvalue weighted by Gasteiger charge is 2.46. The molecule has 0 amide bonds. The van der Waals surface area contributed by atoms with Gasteiger partial charge >= 0.3 is 0 Å². The van der Waals surface area contributed by atoms with Crippen molar-refractivity contribution in [2.75, 3.05) is 0 Å². The molecule has 1 saturated carbocycles. The zero-order valence-electron chi connectivity index (χ0n) is 11.1. The average molecular weight is 230 g/mol. The summed E-state index contributed by atoms with van der Waals surface area (Å²) in [5.74, 6) is 1.59. The Morgan fingerprint density at radius 3 is 2.53 bits per heavy atom. The summed E-state index contributed by atoms with van der Waals surface area (Å²) in [7, 11) is 0. The minimum absolute atomic E-state index is 0.143. The van der Waals surface area contributed by atoms with E-state index in [-0.39, 0.29) is 5.41 Å². The van der Waals surface area contributed by atoms with Crippen LogP contribution in [0.3, 0.4) is 0 Å². The molecule has 2 atom stereocenters. The van der Waals surface area contributed by atoms with Gasteiger partial charge in [0, 0.05) is 11.8 Å². The Bertz CT molecular complexity index is 393. The van der Waals surface area contributed by atoms with E-state index < -0.39 is 0 Å². The van der Waals surface area contributed by atoms with Crippen LogP contribution in [0.4, 0.5) is 0 Å². The number of carbonyl (C=O) groups is 1. The molecule has 17 heavy (non-hydrogen) atoms. The summed E-state index contributed by atoms with van der Waals surface area (Å²) < 4.78 is 0. The molecule has 1 aliphatic rings. The van der Waals surface area contributed by atoms with Gasteiger partial charge in [-0.25, -0.2) is 0 Å². The fraction of sp³-hybridized carbons (Fsp3) is 0.562. The predicted octanol–water partition coefficient (Wildman–Crippen LogP) is 3.87. The van der Waals surface area contributed by atoms with Crippen LogP contribution in [0.15, 0.2) is 30.3 Å². The molecule has 1 fully saturated rings. The Kier molecular flexibility index (Phi) is 3.37. The van der Waals surface area contributed by atoms with E-state index in [0.29, 0.717) is 17.6 Å². The third-order valence-electron chi connectivity index (χ3n) is 4.36. The zero-order valence-corrected chi connectivity index (χ0v) is 11.1. The minimum atomic E-state index is -0.143. The fourth-order valence-corrected chi connectivity index (χ4v) is 3.42. The smallest absolute Gasteiger partial charge is 0.139 e. The average Bonchev–Trinajstić information content (AvgIpc) is 2.57. The van der Waals surface area contributed by atoms with Crippen molar-refractivity contribution in [2.45, 2.75) is 40.0 Å². The van der Waals surface area contributed by atoms with Gasteiger partial charge in [-0.3, -0.25) is 4.79 Å². The zero-order chi connectivity index (χ0) is 12.5. The summed E-state index contributed by atoms with van der Waals surface area (Å²) in [4.78, 5) is 12.2. The molecule has 0 spiro atoms. The summed E-state index contributed by atoms with van der Waals surface area (Å²) in [5, 5.41) is 0. The number of hydrogen-bond donors (Lipinski definition) is 0. The highest BCUT2D eigenvalue weighted by atomic mass is 16.1. The summed E-state index contributed by atoms with van der Waals surface area (Å²) in [6.45, 7) is 6.65. The fourth-order valence-electron chi connectivity index (χ4n) is 3.42. The molecule has 1 nitrogen and oxygen atoms in total. The first-order valence-corrected chi connectivity index (χ1v) is 6.61. The Balaban J connectivity index is 2.24. The van der Waals surface area contributed by atoms with E-state index in [2.05, 4.69) is 45.0 Å². The molecule has 0 aromatic heterocycles. The quantitative estimate of drug-likeness (QED) is 0.770. The molecule has 1 aromatic carbocycles. The predicted molar refractivity (Wildman–Crippen MR) is 70.8 cm³/mol. The van der Waals surface area contributed by atoms with Gasteiger partial charge in [0.1, 0.15) is 5.78 Å². The van der Waals surface area contributed by atoms with Crippen LogP contribution in [-0.2, 0) is 11.2 Å². The second-order valence-electron chi connectivity index (χ2n) is 5.89. The molecule has 2 rings (SSSR count). The molecule has 0 bridgehead atoms. The molecule has 0 radical (unpaired) electrons. The lowest BCUT2D eigenvalue weighted by Gasteiger charge is -2.33. The molecule has 0 N–H and O–H groups in total. The van der Waals surface area contributed by atoms with Crippen molar-refractivity contribution in [1.29, 1.82) is 0 Å². The second-order valence-corrected chi connectivity index (χ2v) is 5.89. The van der Waals surface area contributed by atoms with Gasteiger partial charge in [-0.05, 0) is 30.2 Å². The third-order valence-corrected chi connectivity index (χ3v) is 4.36. The van der Waals surface area contributed by atoms with Crippen molar-refractivity contribution in [3.8, 4) is 0 Å². The molecule has 0 aliphatic heterocycles. The van der Waals surface area contributed by atoms with E-state index in [1.807, 2.05) is 6.07 Å². The van der Waals surface area contributed by atoms with E-state index >= 15 is 0 Å². The van der Waals surface area contributed by atoms with Crippen LogP contribution in [0.2, 0.25) is 0 Å². The van der Waals surface area contributed by atoms with Gasteiger partial charge in [0.2, 0.25) is 0 Å². The molecule has 1 heteroatoms. The summed E-state index contributed by atoms with van der Waals surface area (Å²) in [6.07, 6.45) is 2.74. The monoisotopic (exact) mass is 230 g/mol. The van der Waals surface area contributed by atoms with E-state index in [9.17, 15) is 4.79 Å². The van der Waals surface area contributed by atoms with E-state index in [1.165, 1.54) is 5.56 Å². The lowest BCUT2D eigenvalue weighted by Crippen LogP contribution is -2.34. The van der Waals surface area contributed by atoms with Gasteiger partial charge in [0.15, 0.2) is 0 Å². The molecule has 0 heterocycles. The largest absolute Gasteiger partial charge is 0.299 e. The Morgan fingerprint density at radius 1 is 1.29 bits per heavy atom. The Hall–Kier alpha value is -1.11. The van der Waals surface area contributed by atoms with Crippen molar-refractivity contribution in [2.24, 2.45) is 17.3 Å². The summed E-state index contributed by atoms with van der Waals surface area (Å²) in [6, 6.07) is 10.4. The van der Waals surface area contributed by atoms with Crippen molar-refractivity contribution in [3.05, 3.63) is 35.9 Å². The molecule has 1 aliphatic carbocycles. The van der Waals surface area contributed by atoms with Gasteiger partial charge < -0.3 is 0 Å². The molecule has 0 saturated heterocycles. The topological polar surface area (TPSA) is 17.1 Å². The number of rotatable bonds is 3. The standard InChI is InChI=1S/C16H22O/c1-12(2)14-9-10-15(17)16(14,3)11-13-7-5-4-6-8-13/h4-8,12,14H,9-11H2,1-3H3/t14-,16-/m0/s1. The minimum Gasteiger partial charge on any atom is -0.299 e. The molecule has 92 valence electrons. The van der Waals surface area contributed by atoms with Crippen LogP contribution in [-0.4, -0.2) is 5.78 Å². The maximum Gasteiger partial charge on any atom is 0.139 e. The highest BCUT2D eigenvalue weighted by molar-refractivity contribution is 5.87. The van der Waals surface area contributed by atoms with Gasteiger partial charge in [-0.1, -0.05) is 51.1 Å². The maximum atomic E-state index is 12.2. The van der Waals surface area contributed by atoms with Crippen LogP contribution in [0.5, 0.6) is 0 Å². The highest BCUT2D eigenvalue weighted by Crippen LogP contribution is 2.46. The van der Waals surface area contributed by atoms with Crippen LogP contribution >= 0.6 is 0 Å². The molecule has 0 unspecified atom stereocenters. The summed E-state index contributed by atoms with van der Waals surface area (Å²) in [5.41, 5.74) is 1.14. The van der Waals surface area contributed by atoms with E-state index in [1.54, 1.807) is 0 Å². The van der Waals surface area contributed by atoms with Gasteiger partial charge in [0.25, 0.3) is 0 Å². The first-order chi connectivity index (χ1) is 8.04. The van der Waals surface area contributed by atoms with Gasteiger partial charge in [-0.2, -0.15) is 0 Å². The number of ketones is 1. The number of carbonyl (C=O) groups excluding carboxylic acids is 1. The number of Topliss-reactive ketones (excluding diaryl/α,β-unsaturated/α-hetero) is 1. The summed E-state index contributed by atoms with van der Waals surface area (Å²) >= 11 is 0. The van der Waals surface area contributed by atoms with Crippen molar-refractivity contribution in [1.82, 2.24) is 0 Å². The Labute approximate surface area is 104 Å². The first-order valence-electron chi connectivity index (χ1n) is 6.61. The Morgan fingerprint density at radius 2 is 1.94 bits per heavy atom. The van der Waals surface area contributed by atoms with Crippen LogP contribution in [0.1, 0.15) is 39.2 Å². The van der Waals surface area contributed by atoms with Crippen LogP contribution in [0.25, 0.3) is 0 Å². The molecule has 1 aromatic rings. The van der Waals surface area contributed by atoms with Crippen LogP contribution in [0, 0.1) is 17.3 Å². The molecular formula is C16H22O. The van der Waals surface area contributed by atoms with Crippen LogP contribution < -0.4 is 0 Å². The maximum absolute atomic E-state index is 12.2. The van der Waals surface area contributed by atoms with Crippen molar-refractivity contribution >= 4 is 5.78 Å². The van der Waals surface area contributed by atoms with E-state index in [4.69, 9.17) is 0 Å². The van der Waals surface area contributed by atoms with Gasteiger partial charge in [-0.15, -0.1) is 0 Å². The van der Waals surface area contributed by atoms with Crippen molar-refractivity contribution < 1.29 is 4.79 Å². The third kappa shape index (κ3) is 2.29.